The van der Waals surface area contributed by atoms with E-state index in [0.717, 1.165) is 60.9 Å². The molecule has 7 heteroatoms. The van der Waals surface area contributed by atoms with Crippen molar-refractivity contribution < 1.29 is 0 Å². The number of para-hydroxylation sites is 4. The molecule has 9 aromatic carbocycles. The predicted octanol–water partition coefficient (Wildman–Crippen LogP) is 16.4. The van der Waals surface area contributed by atoms with Crippen LogP contribution in [-0.4, -0.2) is 24.1 Å². The van der Waals surface area contributed by atoms with Gasteiger partial charge in [-0.25, -0.2) is 15.0 Å². The van der Waals surface area contributed by atoms with Crippen molar-refractivity contribution in [2.45, 2.75) is 13.8 Å². The molecule has 0 unspecified atom stereocenters. The lowest BCUT2D eigenvalue weighted by Crippen LogP contribution is -2.07. The Bertz CT molecular complexity index is 3960. The van der Waals surface area contributed by atoms with Crippen LogP contribution in [0.2, 0.25) is 0 Å². The zero-order chi connectivity index (χ0) is 43.6. The molecule has 0 bridgehead atoms. The zero-order valence-electron chi connectivity index (χ0n) is 36.0. The van der Waals surface area contributed by atoms with Gasteiger partial charge in [-0.05, 0) is 73.5 Å². The van der Waals surface area contributed by atoms with E-state index >= 15 is 0 Å². The lowest BCUT2D eigenvalue weighted by molar-refractivity contribution is 1.06. The zero-order valence-corrected chi connectivity index (χ0v) is 37.6. The lowest BCUT2D eigenvalue weighted by Gasteiger charge is -2.19. The fourth-order valence-electron chi connectivity index (χ4n) is 10.6. The van der Waals surface area contributed by atoms with Crippen LogP contribution in [0.1, 0.15) is 11.1 Å². The Hall–Kier alpha value is -7.97. The summed E-state index contributed by atoms with van der Waals surface area (Å²) in [5, 5.41) is 9.50. The summed E-state index contributed by atoms with van der Waals surface area (Å²) >= 11 is 3.68. The van der Waals surface area contributed by atoms with E-state index in [4.69, 9.17) is 15.0 Å². The van der Waals surface area contributed by atoms with Crippen LogP contribution in [0, 0.1) is 13.8 Å². The molecular weight excluding hydrogens is 843 g/mol. The monoisotopic (exact) mass is 879 g/mol. The number of benzene rings is 9. The van der Waals surface area contributed by atoms with E-state index in [-0.39, 0.29) is 0 Å². The van der Waals surface area contributed by atoms with Crippen molar-refractivity contribution in [2.75, 3.05) is 0 Å². The van der Waals surface area contributed by atoms with E-state index in [1.807, 2.05) is 22.7 Å². The van der Waals surface area contributed by atoms with E-state index < -0.39 is 0 Å². The van der Waals surface area contributed by atoms with Crippen molar-refractivity contribution in [3.63, 3.8) is 0 Å². The van der Waals surface area contributed by atoms with Crippen LogP contribution in [0.25, 0.3) is 129 Å². The number of aromatic nitrogens is 5. The normalized spacial score (nSPS) is 12.1. The molecule has 0 aliphatic rings. The van der Waals surface area contributed by atoms with Crippen LogP contribution in [0.3, 0.4) is 0 Å². The second kappa shape index (κ2) is 14.3. The minimum Gasteiger partial charge on any atom is -0.308 e. The molecule has 0 amide bonds. The van der Waals surface area contributed by atoms with Crippen LogP contribution in [0.5, 0.6) is 0 Å². The van der Waals surface area contributed by atoms with Gasteiger partial charge in [-0.15, -0.1) is 22.7 Å². The molecular formula is C59H37N5S2. The van der Waals surface area contributed by atoms with E-state index in [1.165, 1.54) is 62.2 Å². The summed E-state index contributed by atoms with van der Waals surface area (Å²) in [5.74, 6) is 1.88. The first-order valence-electron chi connectivity index (χ1n) is 22.3. The summed E-state index contributed by atoms with van der Waals surface area (Å²) in [7, 11) is 0. The fourth-order valence-corrected chi connectivity index (χ4v) is 12.9. The van der Waals surface area contributed by atoms with Gasteiger partial charge in [0.1, 0.15) is 0 Å². The van der Waals surface area contributed by atoms with Crippen LogP contribution >= 0.6 is 22.7 Å². The molecule has 0 spiro atoms. The van der Waals surface area contributed by atoms with Gasteiger partial charge in [0.25, 0.3) is 0 Å². The van der Waals surface area contributed by atoms with Gasteiger partial charge >= 0.3 is 0 Å². The van der Waals surface area contributed by atoms with Crippen LogP contribution in [0.15, 0.2) is 188 Å². The third-order valence-electron chi connectivity index (χ3n) is 13.4. The Labute approximate surface area is 387 Å². The molecule has 0 radical (unpaired) electrons. The molecule has 0 N–H and O–H groups in total. The van der Waals surface area contributed by atoms with Gasteiger partial charge in [0.15, 0.2) is 17.5 Å². The second-order valence-corrected chi connectivity index (χ2v) is 19.3. The van der Waals surface area contributed by atoms with Gasteiger partial charge in [0, 0.05) is 67.5 Å². The number of nitrogens with zero attached hydrogens (tertiary/aromatic N) is 5. The third-order valence-corrected chi connectivity index (χ3v) is 16.0. The quantitative estimate of drug-likeness (QED) is 0.173. The van der Waals surface area contributed by atoms with Crippen LogP contribution in [0.4, 0.5) is 0 Å². The average Bonchev–Trinajstić information content (AvgIpc) is 4.13. The highest BCUT2D eigenvalue weighted by molar-refractivity contribution is 7.26. The molecule has 5 heterocycles. The largest absolute Gasteiger partial charge is 0.308 e. The van der Waals surface area contributed by atoms with Crippen LogP contribution in [-0.2, 0) is 0 Å². The minimum atomic E-state index is 0.624. The topological polar surface area (TPSA) is 48.5 Å². The van der Waals surface area contributed by atoms with Gasteiger partial charge in [0.05, 0.1) is 44.6 Å². The Morgan fingerprint density at radius 3 is 1.09 bits per heavy atom. The maximum Gasteiger partial charge on any atom is 0.166 e. The summed E-state index contributed by atoms with van der Waals surface area (Å²) in [6, 6.07) is 67.7. The summed E-state index contributed by atoms with van der Waals surface area (Å²) in [5.41, 5.74) is 11.9. The summed E-state index contributed by atoms with van der Waals surface area (Å²) in [6.45, 7) is 4.49. The van der Waals surface area contributed by atoms with Crippen molar-refractivity contribution in [3.05, 3.63) is 199 Å². The van der Waals surface area contributed by atoms with Crippen molar-refractivity contribution >= 4 is 107 Å². The van der Waals surface area contributed by atoms with E-state index in [1.54, 1.807) is 0 Å². The number of hydrogen-bond acceptors (Lipinski definition) is 5. The highest BCUT2D eigenvalue weighted by Gasteiger charge is 2.28. The molecule has 14 aromatic rings. The highest BCUT2D eigenvalue weighted by atomic mass is 32.1. The minimum absolute atomic E-state index is 0.624. The second-order valence-electron chi connectivity index (χ2n) is 17.2. The van der Waals surface area contributed by atoms with Crippen molar-refractivity contribution in [2.24, 2.45) is 0 Å². The summed E-state index contributed by atoms with van der Waals surface area (Å²) in [6.07, 6.45) is 0. The number of rotatable bonds is 5. The molecule has 66 heavy (non-hydrogen) atoms. The average molecular weight is 880 g/mol. The first-order chi connectivity index (χ1) is 32.6. The van der Waals surface area contributed by atoms with Crippen LogP contribution < -0.4 is 0 Å². The number of fused-ring (bicyclic) bond motifs is 12. The smallest absolute Gasteiger partial charge is 0.166 e. The molecule has 5 nitrogen and oxygen atoms in total. The van der Waals surface area contributed by atoms with Gasteiger partial charge in [-0.2, -0.15) is 0 Å². The predicted molar refractivity (Wildman–Crippen MR) is 280 cm³/mol. The standard InChI is InChI=1S/C59H37N5S2/c1-34-32-47(63-43-26-12-6-20-37(43)38-21-7-13-27-44(38)63)53(51-41-24-10-16-30-49(41)65-55(34)51)58-60-57(36-18-4-3-5-19-36)61-59(62-58)54-48(33-35(2)56-52(54)42-25-11-17-31-50(42)66-56)64-45-28-14-8-22-39(45)40-23-9-15-29-46(40)64/h3-33H,1-2H3. The van der Waals surface area contributed by atoms with Crippen molar-refractivity contribution in [1.82, 2.24) is 24.1 Å². The molecule has 0 saturated carbocycles. The van der Waals surface area contributed by atoms with E-state index in [9.17, 15) is 0 Å². The maximum absolute atomic E-state index is 5.85. The third kappa shape index (κ3) is 5.35. The van der Waals surface area contributed by atoms with Gasteiger partial charge in [-0.1, -0.05) is 140 Å². The first kappa shape index (κ1) is 37.4. The maximum atomic E-state index is 5.85. The molecule has 310 valence electrons. The number of aryl methyl sites for hydroxylation is 2. The molecule has 5 aromatic heterocycles. The summed E-state index contributed by atoms with van der Waals surface area (Å²) in [4.78, 5) is 17.1. The Morgan fingerprint density at radius 1 is 0.348 bits per heavy atom. The number of hydrogen-bond donors (Lipinski definition) is 0. The van der Waals surface area contributed by atoms with Crippen molar-refractivity contribution in [1.29, 1.82) is 0 Å². The van der Waals surface area contributed by atoms with Gasteiger partial charge in [0.2, 0.25) is 0 Å². The molecule has 0 atom stereocenters. The molecule has 0 aliphatic heterocycles. The summed E-state index contributed by atoms with van der Waals surface area (Å²) < 4.78 is 9.78. The van der Waals surface area contributed by atoms with Gasteiger partial charge in [-0.3, -0.25) is 0 Å². The van der Waals surface area contributed by atoms with Crippen molar-refractivity contribution in [3.8, 4) is 45.5 Å². The Morgan fingerprint density at radius 2 is 0.682 bits per heavy atom. The Kier molecular flexibility index (Phi) is 8.09. The molecule has 0 fully saturated rings. The Balaban J connectivity index is 1.19. The fraction of sp³-hybridized carbons (Fsp3) is 0.0339. The van der Waals surface area contributed by atoms with E-state index in [2.05, 4.69) is 211 Å². The highest BCUT2D eigenvalue weighted by Crippen LogP contribution is 2.49. The lowest BCUT2D eigenvalue weighted by atomic mass is 9.98. The molecule has 0 aliphatic carbocycles. The SMILES string of the molecule is Cc1cc(-n2c3ccccc3c3ccccc32)c(-c2nc(-c3ccccc3)nc(-c3c(-n4c5ccccc5c5ccccc54)cc(C)c4sc5ccccc5c34)n2)c2c1sc1ccccc12. The molecule has 14 rings (SSSR count). The van der Waals surface area contributed by atoms with E-state index in [0.29, 0.717) is 17.5 Å². The molecule has 0 saturated heterocycles. The first-order valence-corrected chi connectivity index (χ1v) is 23.9. The number of thiophene rings is 2. The van der Waals surface area contributed by atoms with Gasteiger partial charge < -0.3 is 9.13 Å².